The molecule has 0 saturated carbocycles. The lowest BCUT2D eigenvalue weighted by molar-refractivity contribution is -0.166. The Morgan fingerprint density at radius 3 is 2.51 bits per heavy atom. The van der Waals surface area contributed by atoms with E-state index in [0.717, 1.165) is 45.7 Å². The number of carbonyl (C=O) groups excluding carboxylic acids is 2. The Bertz CT molecular complexity index is 1120. The Balaban J connectivity index is 2.27. The van der Waals surface area contributed by atoms with E-state index in [1.807, 2.05) is 58.9 Å². The maximum Gasteiger partial charge on any atom is 0.340 e. The number of rotatable bonds is 7. The Morgan fingerprint density at radius 2 is 1.94 bits per heavy atom. The molecule has 0 aliphatic heterocycles. The topological polar surface area (TPSA) is 64.6 Å². The number of benzene rings is 1. The predicted molar refractivity (Wildman–Crippen MR) is 144 cm³/mol. The van der Waals surface area contributed by atoms with Gasteiger partial charge in [-0.25, -0.2) is 4.79 Å². The molecular weight excluding hydrogens is 458 g/mol. The van der Waals surface area contributed by atoms with Gasteiger partial charge in [0, 0.05) is 33.5 Å². The van der Waals surface area contributed by atoms with Gasteiger partial charge in [-0.05, 0) is 82.6 Å². The summed E-state index contributed by atoms with van der Waals surface area (Å²) in [6, 6.07) is 7.68. The highest BCUT2D eigenvalue weighted by Crippen LogP contribution is 2.49. The summed E-state index contributed by atoms with van der Waals surface area (Å²) in [5, 5.41) is 2.71. The summed E-state index contributed by atoms with van der Waals surface area (Å²) in [5.74, 6) is -0.493. The van der Waals surface area contributed by atoms with Crippen molar-refractivity contribution in [1.29, 1.82) is 0 Å². The molecule has 2 aromatic rings. The van der Waals surface area contributed by atoms with E-state index in [1.165, 1.54) is 5.57 Å². The number of aryl methyl sites for hydroxylation is 1. The molecular formula is C29H39NO4S. The number of nitrogens with one attached hydrogen (secondary N) is 1. The van der Waals surface area contributed by atoms with Gasteiger partial charge in [-0.15, -0.1) is 11.3 Å². The number of hydrogen-bond donors (Lipinski definition) is 1. The molecule has 1 aromatic carbocycles. The average Bonchev–Trinajstić information content (AvgIpc) is 3.13. The molecule has 1 aliphatic rings. The van der Waals surface area contributed by atoms with Gasteiger partial charge in [0.05, 0.1) is 12.2 Å². The molecule has 0 bridgehead atoms. The molecule has 5 nitrogen and oxygen atoms in total. The van der Waals surface area contributed by atoms with Crippen molar-refractivity contribution in [3.63, 3.8) is 0 Å². The number of ether oxygens (including phenoxy) is 2. The molecule has 0 radical (unpaired) electrons. The van der Waals surface area contributed by atoms with Crippen molar-refractivity contribution < 1.29 is 19.1 Å². The van der Waals surface area contributed by atoms with Gasteiger partial charge in [-0.3, -0.25) is 4.79 Å². The molecule has 1 amide bonds. The van der Waals surface area contributed by atoms with Crippen molar-refractivity contribution in [1.82, 2.24) is 5.32 Å². The van der Waals surface area contributed by atoms with E-state index in [1.54, 1.807) is 18.4 Å². The van der Waals surface area contributed by atoms with E-state index in [4.69, 9.17) is 9.47 Å². The lowest BCUT2D eigenvalue weighted by atomic mass is 9.76. The molecule has 1 atom stereocenters. The Kier molecular flexibility index (Phi) is 8.28. The SMILES string of the molecule is CCOC(=O)C(OC(C)(C)C)c1c(C)sc(-c2cccc(C(=O)NC)c2)c1C1=CCC(C)(C)CC1. The van der Waals surface area contributed by atoms with Crippen LogP contribution in [0.25, 0.3) is 16.0 Å². The Morgan fingerprint density at radius 1 is 1.23 bits per heavy atom. The zero-order valence-corrected chi connectivity index (χ0v) is 23.2. The number of thiophene rings is 1. The zero-order valence-electron chi connectivity index (χ0n) is 22.3. The molecule has 0 fully saturated rings. The van der Waals surface area contributed by atoms with Crippen LogP contribution >= 0.6 is 11.3 Å². The lowest BCUT2D eigenvalue weighted by Gasteiger charge is -2.31. The first-order valence-corrected chi connectivity index (χ1v) is 13.2. The molecule has 0 spiro atoms. The molecule has 3 rings (SSSR count). The van der Waals surface area contributed by atoms with Crippen molar-refractivity contribution in [2.75, 3.05) is 13.7 Å². The minimum atomic E-state index is -0.826. The van der Waals surface area contributed by atoms with Crippen LogP contribution in [0.15, 0.2) is 30.3 Å². The van der Waals surface area contributed by atoms with E-state index >= 15 is 0 Å². The second-order valence-electron chi connectivity index (χ2n) is 10.9. The normalized spacial score (nSPS) is 16.4. The van der Waals surface area contributed by atoms with Crippen LogP contribution in [0.4, 0.5) is 0 Å². The lowest BCUT2D eigenvalue weighted by Crippen LogP contribution is -2.29. The fourth-order valence-corrected chi connectivity index (χ4v) is 5.65. The van der Waals surface area contributed by atoms with Gasteiger partial charge in [-0.2, -0.15) is 0 Å². The first-order valence-electron chi connectivity index (χ1n) is 12.4. The van der Waals surface area contributed by atoms with Gasteiger partial charge in [0.2, 0.25) is 0 Å². The van der Waals surface area contributed by atoms with Gasteiger partial charge in [-0.1, -0.05) is 32.1 Å². The summed E-state index contributed by atoms with van der Waals surface area (Å²) in [4.78, 5) is 27.7. The van der Waals surface area contributed by atoms with E-state index in [9.17, 15) is 9.59 Å². The van der Waals surface area contributed by atoms with Gasteiger partial charge in [0.25, 0.3) is 5.91 Å². The average molecular weight is 498 g/mol. The Labute approximate surface area is 213 Å². The zero-order chi connectivity index (χ0) is 26.0. The standard InChI is InChI=1S/C29H39NO4S/c1-9-33-27(32)24(34-28(3,4)5)22-18(2)35-25(20-11-10-12-21(17-20)26(31)30-8)23(22)19-13-15-29(6,7)16-14-19/h10-13,17,24H,9,14-16H2,1-8H3,(H,30,31). The monoisotopic (exact) mass is 497 g/mol. The molecule has 1 aromatic heterocycles. The number of allylic oxidation sites excluding steroid dienone is 2. The Hall–Kier alpha value is -2.44. The fraction of sp³-hybridized carbons (Fsp3) is 0.517. The molecule has 1 N–H and O–H groups in total. The third-order valence-corrected chi connectivity index (χ3v) is 7.44. The van der Waals surface area contributed by atoms with Crippen molar-refractivity contribution in [2.24, 2.45) is 5.41 Å². The second-order valence-corrected chi connectivity index (χ2v) is 12.1. The van der Waals surface area contributed by atoms with Crippen LogP contribution in [0.1, 0.15) is 93.3 Å². The second kappa shape index (κ2) is 10.7. The maximum atomic E-state index is 13.2. The van der Waals surface area contributed by atoms with Crippen LogP contribution < -0.4 is 5.32 Å². The minimum absolute atomic E-state index is 0.124. The third-order valence-electron chi connectivity index (χ3n) is 6.27. The minimum Gasteiger partial charge on any atom is -0.464 e. The van der Waals surface area contributed by atoms with E-state index in [0.29, 0.717) is 12.2 Å². The summed E-state index contributed by atoms with van der Waals surface area (Å²) in [6.45, 7) is 14.6. The van der Waals surface area contributed by atoms with Crippen molar-refractivity contribution >= 4 is 28.8 Å². The van der Waals surface area contributed by atoms with Crippen LogP contribution in [-0.4, -0.2) is 31.1 Å². The molecule has 190 valence electrons. The highest BCUT2D eigenvalue weighted by atomic mass is 32.1. The number of carbonyl (C=O) groups is 2. The predicted octanol–water partition coefficient (Wildman–Crippen LogP) is 7.10. The van der Waals surface area contributed by atoms with Crippen molar-refractivity contribution in [3.8, 4) is 10.4 Å². The van der Waals surface area contributed by atoms with E-state index in [-0.39, 0.29) is 17.3 Å². The summed E-state index contributed by atoms with van der Waals surface area (Å²) in [6.07, 6.45) is 4.45. The van der Waals surface area contributed by atoms with Crippen LogP contribution in [0.3, 0.4) is 0 Å². The van der Waals surface area contributed by atoms with E-state index < -0.39 is 11.7 Å². The highest BCUT2D eigenvalue weighted by molar-refractivity contribution is 7.16. The number of esters is 1. The molecule has 1 unspecified atom stereocenters. The van der Waals surface area contributed by atoms with Gasteiger partial charge in [0.1, 0.15) is 0 Å². The van der Waals surface area contributed by atoms with Crippen LogP contribution in [0, 0.1) is 12.3 Å². The van der Waals surface area contributed by atoms with E-state index in [2.05, 4.69) is 25.2 Å². The fourth-order valence-electron chi connectivity index (χ4n) is 4.44. The third kappa shape index (κ3) is 6.42. The molecule has 35 heavy (non-hydrogen) atoms. The molecule has 1 heterocycles. The smallest absolute Gasteiger partial charge is 0.340 e. The quantitative estimate of drug-likeness (QED) is 0.415. The van der Waals surface area contributed by atoms with Gasteiger partial charge < -0.3 is 14.8 Å². The molecule has 6 heteroatoms. The van der Waals surface area contributed by atoms with Crippen LogP contribution in [0.5, 0.6) is 0 Å². The number of amides is 1. The van der Waals surface area contributed by atoms with Crippen molar-refractivity contribution in [2.45, 2.75) is 79.4 Å². The first kappa shape index (κ1) is 27.2. The van der Waals surface area contributed by atoms with Gasteiger partial charge in [0.15, 0.2) is 6.10 Å². The number of hydrogen-bond acceptors (Lipinski definition) is 5. The van der Waals surface area contributed by atoms with Crippen molar-refractivity contribution in [3.05, 3.63) is 51.9 Å². The largest absolute Gasteiger partial charge is 0.464 e. The molecule has 0 saturated heterocycles. The maximum absolute atomic E-state index is 13.2. The van der Waals surface area contributed by atoms with Crippen LogP contribution in [0.2, 0.25) is 0 Å². The summed E-state index contributed by atoms with van der Waals surface area (Å²) >= 11 is 1.65. The summed E-state index contributed by atoms with van der Waals surface area (Å²) in [5.41, 5.74) is 4.45. The first-order chi connectivity index (χ1) is 16.4. The van der Waals surface area contributed by atoms with Crippen LogP contribution in [-0.2, 0) is 14.3 Å². The summed E-state index contributed by atoms with van der Waals surface area (Å²) in [7, 11) is 1.64. The van der Waals surface area contributed by atoms with Gasteiger partial charge >= 0.3 is 5.97 Å². The highest BCUT2D eigenvalue weighted by Gasteiger charge is 2.36. The molecule has 1 aliphatic carbocycles. The summed E-state index contributed by atoms with van der Waals surface area (Å²) < 4.78 is 11.8.